The van der Waals surface area contributed by atoms with Gasteiger partial charge in [0.1, 0.15) is 5.82 Å². The van der Waals surface area contributed by atoms with E-state index in [4.69, 9.17) is 10.3 Å². The summed E-state index contributed by atoms with van der Waals surface area (Å²) in [5.74, 6) is 0.852. The highest BCUT2D eigenvalue weighted by Gasteiger charge is 2.25. The summed E-state index contributed by atoms with van der Waals surface area (Å²) in [7, 11) is 0. The van der Waals surface area contributed by atoms with Crippen molar-refractivity contribution in [2.75, 3.05) is 13.1 Å². The zero-order chi connectivity index (χ0) is 18.7. The SMILES string of the molecule is Cc1ccc(-c2noc(CCC(=O)N3CCC[C@@H]([C@@H](C)N)C3)n2)cc1F. The number of nitrogens with zero attached hydrogens (tertiary/aromatic N) is 3. The Morgan fingerprint density at radius 2 is 2.31 bits per heavy atom. The quantitative estimate of drug-likeness (QED) is 0.886. The minimum atomic E-state index is -0.308. The molecule has 1 aromatic heterocycles. The molecule has 26 heavy (non-hydrogen) atoms. The van der Waals surface area contributed by atoms with Crippen LogP contribution in [0.2, 0.25) is 0 Å². The van der Waals surface area contributed by atoms with Gasteiger partial charge in [-0.1, -0.05) is 17.3 Å². The Labute approximate surface area is 152 Å². The molecule has 140 valence electrons. The Hall–Kier alpha value is -2.28. The molecule has 2 aromatic rings. The topological polar surface area (TPSA) is 85.2 Å². The van der Waals surface area contributed by atoms with Gasteiger partial charge >= 0.3 is 0 Å². The highest BCUT2D eigenvalue weighted by atomic mass is 19.1. The van der Waals surface area contributed by atoms with Crippen molar-refractivity contribution < 1.29 is 13.7 Å². The van der Waals surface area contributed by atoms with Crippen LogP contribution in [0.1, 0.15) is 37.6 Å². The van der Waals surface area contributed by atoms with E-state index < -0.39 is 0 Å². The Kier molecular flexibility index (Phi) is 5.66. The van der Waals surface area contributed by atoms with Crippen molar-refractivity contribution >= 4 is 5.91 Å². The molecule has 1 amide bonds. The van der Waals surface area contributed by atoms with Crippen LogP contribution in [0.25, 0.3) is 11.4 Å². The monoisotopic (exact) mass is 360 g/mol. The van der Waals surface area contributed by atoms with Crippen LogP contribution in [-0.4, -0.2) is 40.1 Å². The van der Waals surface area contributed by atoms with Gasteiger partial charge in [-0.2, -0.15) is 4.98 Å². The summed E-state index contributed by atoms with van der Waals surface area (Å²) in [4.78, 5) is 18.6. The van der Waals surface area contributed by atoms with E-state index in [1.54, 1.807) is 19.1 Å². The van der Waals surface area contributed by atoms with Crippen LogP contribution in [0.15, 0.2) is 22.7 Å². The van der Waals surface area contributed by atoms with Gasteiger partial charge in [0.15, 0.2) is 0 Å². The molecule has 1 fully saturated rings. The highest BCUT2D eigenvalue weighted by molar-refractivity contribution is 5.76. The van der Waals surface area contributed by atoms with Crippen LogP contribution >= 0.6 is 0 Å². The number of halogens is 1. The van der Waals surface area contributed by atoms with E-state index in [9.17, 15) is 9.18 Å². The standard InChI is InChI=1S/C19H25FN4O2/c1-12-5-6-14(10-16(12)20)19-22-17(26-23-19)7-8-18(25)24-9-3-4-15(11-24)13(2)21/h5-6,10,13,15H,3-4,7-9,11,21H2,1-2H3/t13-,15-/m1/s1. The Balaban J connectivity index is 1.57. The second-order valence-electron chi connectivity index (χ2n) is 7.08. The molecule has 1 saturated heterocycles. The summed E-state index contributed by atoms with van der Waals surface area (Å²) >= 11 is 0. The maximum atomic E-state index is 13.7. The zero-order valence-electron chi connectivity index (χ0n) is 15.2. The van der Waals surface area contributed by atoms with Gasteiger partial charge in [-0.05, 0) is 44.2 Å². The van der Waals surface area contributed by atoms with Crippen LogP contribution in [-0.2, 0) is 11.2 Å². The van der Waals surface area contributed by atoms with Gasteiger partial charge in [-0.3, -0.25) is 4.79 Å². The lowest BCUT2D eigenvalue weighted by Crippen LogP contribution is -2.45. The average Bonchev–Trinajstić information content (AvgIpc) is 3.11. The molecule has 3 rings (SSSR count). The molecule has 0 unspecified atom stereocenters. The first-order valence-corrected chi connectivity index (χ1v) is 9.06. The highest BCUT2D eigenvalue weighted by Crippen LogP contribution is 2.21. The van der Waals surface area contributed by atoms with Crippen molar-refractivity contribution in [1.82, 2.24) is 15.0 Å². The van der Waals surface area contributed by atoms with E-state index in [0.29, 0.717) is 48.1 Å². The summed E-state index contributed by atoms with van der Waals surface area (Å²) in [6.45, 7) is 5.18. The predicted molar refractivity (Wildman–Crippen MR) is 95.7 cm³/mol. The van der Waals surface area contributed by atoms with E-state index in [1.165, 1.54) is 6.07 Å². The second kappa shape index (κ2) is 7.95. The Bertz CT molecular complexity index is 775. The third kappa shape index (κ3) is 4.27. The van der Waals surface area contributed by atoms with Crippen LogP contribution in [0.5, 0.6) is 0 Å². The molecule has 6 nitrogen and oxygen atoms in total. The van der Waals surface area contributed by atoms with Crippen molar-refractivity contribution in [3.63, 3.8) is 0 Å². The lowest BCUT2D eigenvalue weighted by Gasteiger charge is -2.34. The Morgan fingerprint density at radius 1 is 1.50 bits per heavy atom. The molecular weight excluding hydrogens is 335 g/mol. The molecular formula is C19H25FN4O2. The number of benzene rings is 1. The number of carbonyl (C=O) groups is 1. The van der Waals surface area contributed by atoms with Crippen molar-refractivity contribution in [1.29, 1.82) is 0 Å². The van der Waals surface area contributed by atoms with Crippen molar-refractivity contribution in [3.8, 4) is 11.4 Å². The van der Waals surface area contributed by atoms with Gasteiger partial charge in [0.25, 0.3) is 0 Å². The molecule has 0 spiro atoms. The number of hydrogen-bond donors (Lipinski definition) is 1. The fraction of sp³-hybridized carbons (Fsp3) is 0.526. The van der Waals surface area contributed by atoms with E-state index in [2.05, 4.69) is 10.1 Å². The van der Waals surface area contributed by atoms with Gasteiger partial charge < -0.3 is 15.2 Å². The molecule has 0 bridgehead atoms. The van der Waals surface area contributed by atoms with E-state index in [1.807, 2.05) is 11.8 Å². The zero-order valence-corrected chi connectivity index (χ0v) is 15.2. The first-order valence-electron chi connectivity index (χ1n) is 9.06. The lowest BCUT2D eigenvalue weighted by molar-refractivity contribution is -0.133. The third-order valence-electron chi connectivity index (χ3n) is 5.00. The third-order valence-corrected chi connectivity index (χ3v) is 5.00. The van der Waals surface area contributed by atoms with Crippen LogP contribution in [0.4, 0.5) is 4.39 Å². The maximum absolute atomic E-state index is 13.7. The van der Waals surface area contributed by atoms with Gasteiger partial charge in [-0.25, -0.2) is 4.39 Å². The number of amides is 1. The number of aromatic nitrogens is 2. The molecule has 0 aliphatic carbocycles. The minimum absolute atomic E-state index is 0.0801. The number of nitrogens with two attached hydrogens (primary N) is 1. The molecule has 2 N–H and O–H groups in total. The number of carbonyl (C=O) groups excluding carboxylic acids is 1. The van der Waals surface area contributed by atoms with Gasteiger partial charge in [0.2, 0.25) is 17.6 Å². The minimum Gasteiger partial charge on any atom is -0.342 e. The molecule has 1 aliphatic heterocycles. The maximum Gasteiger partial charge on any atom is 0.227 e. The fourth-order valence-corrected chi connectivity index (χ4v) is 3.24. The summed E-state index contributed by atoms with van der Waals surface area (Å²) in [6, 6.07) is 4.91. The van der Waals surface area contributed by atoms with E-state index in [-0.39, 0.29) is 17.8 Å². The first kappa shape index (κ1) is 18.5. The summed E-state index contributed by atoms with van der Waals surface area (Å²) in [5.41, 5.74) is 7.10. The van der Waals surface area contributed by atoms with E-state index >= 15 is 0 Å². The van der Waals surface area contributed by atoms with Gasteiger partial charge in [0, 0.05) is 37.5 Å². The number of hydrogen-bond acceptors (Lipinski definition) is 5. The van der Waals surface area contributed by atoms with Crippen LogP contribution in [0, 0.1) is 18.7 Å². The first-order chi connectivity index (χ1) is 12.4. The summed E-state index contributed by atoms with van der Waals surface area (Å²) in [6.07, 6.45) is 2.75. The normalized spacial score (nSPS) is 18.8. The molecule has 2 atom stereocenters. The summed E-state index contributed by atoms with van der Waals surface area (Å²) < 4.78 is 18.9. The van der Waals surface area contributed by atoms with Crippen LogP contribution < -0.4 is 5.73 Å². The lowest BCUT2D eigenvalue weighted by atomic mass is 9.92. The molecule has 7 heteroatoms. The molecule has 1 aliphatic rings. The van der Waals surface area contributed by atoms with Gasteiger partial charge in [-0.15, -0.1) is 0 Å². The second-order valence-corrected chi connectivity index (χ2v) is 7.08. The average molecular weight is 360 g/mol. The van der Waals surface area contributed by atoms with Gasteiger partial charge in [0.05, 0.1) is 0 Å². The molecule has 0 saturated carbocycles. The summed E-state index contributed by atoms with van der Waals surface area (Å²) in [5, 5.41) is 3.89. The molecule has 1 aromatic carbocycles. The van der Waals surface area contributed by atoms with Crippen molar-refractivity contribution in [2.24, 2.45) is 11.7 Å². The number of rotatable bonds is 5. The predicted octanol–water partition coefficient (Wildman–Crippen LogP) is 2.70. The van der Waals surface area contributed by atoms with Crippen LogP contribution in [0.3, 0.4) is 0 Å². The number of aryl methyl sites for hydroxylation is 2. The van der Waals surface area contributed by atoms with Crippen molar-refractivity contribution in [2.45, 2.75) is 45.6 Å². The smallest absolute Gasteiger partial charge is 0.227 e. The van der Waals surface area contributed by atoms with Crippen molar-refractivity contribution in [3.05, 3.63) is 35.5 Å². The largest absolute Gasteiger partial charge is 0.342 e. The fourth-order valence-electron chi connectivity index (χ4n) is 3.24. The Morgan fingerprint density at radius 3 is 3.04 bits per heavy atom. The molecule has 2 heterocycles. The van der Waals surface area contributed by atoms with E-state index in [0.717, 1.165) is 19.4 Å². The number of likely N-dealkylation sites (tertiary alicyclic amines) is 1. The molecule has 0 radical (unpaired) electrons. The number of piperidine rings is 1.